The summed E-state index contributed by atoms with van der Waals surface area (Å²) in [6.07, 6.45) is 4.26. The summed E-state index contributed by atoms with van der Waals surface area (Å²) in [6, 6.07) is 3.47. The maximum Gasteiger partial charge on any atom is 0.254 e. The van der Waals surface area contributed by atoms with Crippen molar-refractivity contribution in [1.29, 1.82) is 0 Å². The molecule has 25 heavy (non-hydrogen) atoms. The lowest BCUT2D eigenvalue weighted by Crippen LogP contribution is -2.43. The molecule has 136 valence electrons. The molecule has 6 nitrogen and oxygen atoms in total. The monoisotopic (exact) mass is 345 g/mol. The van der Waals surface area contributed by atoms with Gasteiger partial charge in [-0.15, -0.1) is 0 Å². The molecule has 1 aliphatic heterocycles. The molecular formula is C19H27N3O3. The summed E-state index contributed by atoms with van der Waals surface area (Å²) in [7, 11) is 3.43. The summed E-state index contributed by atoms with van der Waals surface area (Å²) in [6.45, 7) is 5.80. The second-order valence-electron chi connectivity index (χ2n) is 7.97. The van der Waals surface area contributed by atoms with Crippen molar-refractivity contribution >= 4 is 11.8 Å². The normalized spacial score (nSPS) is 22.4. The van der Waals surface area contributed by atoms with Gasteiger partial charge in [0.05, 0.1) is 5.56 Å². The zero-order valence-electron chi connectivity index (χ0n) is 15.5. The molecule has 0 aromatic carbocycles. The van der Waals surface area contributed by atoms with Crippen LogP contribution in [0.1, 0.15) is 43.5 Å². The van der Waals surface area contributed by atoms with Crippen molar-refractivity contribution in [3.63, 3.8) is 0 Å². The van der Waals surface area contributed by atoms with Crippen molar-refractivity contribution < 1.29 is 14.3 Å². The van der Waals surface area contributed by atoms with E-state index in [9.17, 15) is 9.59 Å². The van der Waals surface area contributed by atoms with E-state index in [1.807, 2.05) is 4.90 Å². The molecule has 2 aliphatic rings. The predicted octanol–water partition coefficient (Wildman–Crippen LogP) is 2.20. The molecule has 1 saturated heterocycles. The van der Waals surface area contributed by atoms with Crippen molar-refractivity contribution in [1.82, 2.24) is 14.8 Å². The average molecular weight is 345 g/mol. The van der Waals surface area contributed by atoms with E-state index in [0.29, 0.717) is 17.4 Å². The Morgan fingerprint density at radius 2 is 1.88 bits per heavy atom. The highest BCUT2D eigenvalue weighted by molar-refractivity contribution is 5.93. The fourth-order valence-electron chi connectivity index (χ4n) is 3.31. The first-order valence-corrected chi connectivity index (χ1v) is 8.91. The number of carbonyl (C=O) groups excluding carboxylic acids is 2. The Morgan fingerprint density at radius 1 is 1.24 bits per heavy atom. The Hall–Kier alpha value is -2.11. The van der Waals surface area contributed by atoms with Crippen LogP contribution in [0.4, 0.5) is 0 Å². The molecule has 2 heterocycles. The van der Waals surface area contributed by atoms with Gasteiger partial charge in [0.1, 0.15) is 6.10 Å². The molecule has 1 aromatic rings. The topological polar surface area (TPSA) is 62.7 Å². The van der Waals surface area contributed by atoms with Crippen LogP contribution in [0.15, 0.2) is 18.3 Å². The van der Waals surface area contributed by atoms with Gasteiger partial charge in [0, 0.05) is 58.2 Å². The molecule has 6 heteroatoms. The molecule has 1 atom stereocenters. The Bertz CT molecular complexity index is 646. The first kappa shape index (κ1) is 17.7. The third-order valence-electron chi connectivity index (χ3n) is 5.24. The first-order chi connectivity index (χ1) is 11.8. The second-order valence-corrected chi connectivity index (χ2v) is 7.97. The zero-order chi connectivity index (χ0) is 18.2. The molecule has 0 bridgehead atoms. The van der Waals surface area contributed by atoms with Crippen LogP contribution in [0.3, 0.4) is 0 Å². The van der Waals surface area contributed by atoms with Crippen LogP contribution in [0.2, 0.25) is 0 Å². The first-order valence-electron chi connectivity index (χ1n) is 8.91. The summed E-state index contributed by atoms with van der Waals surface area (Å²) >= 11 is 0. The van der Waals surface area contributed by atoms with E-state index >= 15 is 0 Å². The number of rotatable bonds is 4. The van der Waals surface area contributed by atoms with Gasteiger partial charge >= 0.3 is 0 Å². The highest BCUT2D eigenvalue weighted by Gasteiger charge is 2.52. The van der Waals surface area contributed by atoms with E-state index in [2.05, 4.69) is 18.8 Å². The number of nitrogens with zero attached hydrogens (tertiary/aromatic N) is 3. The number of ether oxygens (including phenoxy) is 1. The quantitative estimate of drug-likeness (QED) is 0.839. The molecule has 2 amide bonds. The van der Waals surface area contributed by atoms with Crippen LogP contribution in [0.5, 0.6) is 5.88 Å². The van der Waals surface area contributed by atoms with Crippen molar-refractivity contribution in [3.8, 4) is 5.88 Å². The highest BCUT2D eigenvalue weighted by atomic mass is 16.5. The van der Waals surface area contributed by atoms with E-state index < -0.39 is 0 Å². The van der Waals surface area contributed by atoms with Crippen LogP contribution in [0.25, 0.3) is 0 Å². The van der Waals surface area contributed by atoms with E-state index in [1.165, 1.54) is 4.90 Å². The van der Waals surface area contributed by atoms with E-state index in [1.54, 1.807) is 32.4 Å². The van der Waals surface area contributed by atoms with Gasteiger partial charge in [-0.2, -0.15) is 0 Å². The Balaban J connectivity index is 1.49. The molecule has 1 aliphatic carbocycles. The maximum absolute atomic E-state index is 12.4. The van der Waals surface area contributed by atoms with E-state index in [4.69, 9.17) is 4.74 Å². The number of hydrogen-bond acceptors (Lipinski definition) is 4. The van der Waals surface area contributed by atoms with E-state index in [-0.39, 0.29) is 23.3 Å². The largest absolute Gasteiger partial charge is 0.474 e. The van der Waals surface area contributed by atoms with Gasteiger partial charge in [0.15, 0.2) is 0 Å². The SMILES string of the molecule is CN(C)C(=O)c1ccc(OC2CCN(C(=O)[C@H]3CC3(C)C)CC2)nc1. The average Bonchev–Trinajstić information content (AvgIpc) is 3.23. The molecule has 0 spiro atoms. The predicted molar refractivity (Wildman–Crippen MR) is 94.4 cm³/mol. The minimum Gasteiger partial charge on any atom is -0.474 e. The fraction of sp³-hybridized carbons (Fsp3) is 0.632. The fourth-order valence-corrected chi connectivity index (χ4v) is 3.31. The third kappa shape index (κ3) is 3.94. The van der Waals surface area contributed by atoms with Crippen LogP contribution in [0, 0.1) is 11.3 Å². The molecule has 0 radical (unpaired) electrons. The van der Waals surface area contributed by atoms with Crippen molar-refractivity contribution in [2.45, 2.75) is 39.2 Å². The summed E-state index contributed by atoms with van der Waals surface area (Å²) < 4.78 is 5.92. The number of carbonyl (C=O) groups is 2. The van der Waals surface area contributed by atoms with Crippen molar-refractivity contribution in [2.75, 3.05) is 27.2 Å². The number of pyridine rings is 1. The van der Waals surface area contributed by atoms with Gasteiger partial charge in [0.2, 0.25) is 11.8 Å². The Kier molecular flexibility index (Phi) is 4.71. The molecule has 0 N–H and O–H groups in total. The standard InChI is InChI=1S/C19H27N3O3/c1-19(2)11-15(19)18(24)22-9-7-14(8-10-22)25-16-6-5-13(12-20-16)17(23)21(3)4/h5-6,12,14-15H,7-11H2,1-4H3/t15-/m1/s1. The number of likely N-dealkylation sites (tertiary alicyclic amines) is 1. The van der Waals surface area contributed by atoms with E-state index in [0.717, 1.165) is 32.4 Å². The van der Waals surface area contributed by atoms with Gasteiger partial charge in [-0.05, 0) is 17.9 Å². The van der Waals surface area contributed by atoms with Crippen LogP contribution in [-0.4, -0.2) is 59.9 Å². The summed E-state index contributed by atoms with van der Waals surface area (Å²) in [5.74, 6) is 0.957. The summed E-state index contributed by atoms with van der Waals surface area (Å²) in [5, 5.41) is 0. The van der Waals surface area contributed by atoms with Gasteiger partial charge in [-0.25, -0.2) is 4.98 Å². The van der Waals surface area contributed by atoms with Gasteiger partial charge < -0.3 is 14.5 Å². The van der Waals surface area contributed by atoms with Gasteiger partial charge in [-0.1, -0.05) is 13.8 Å². The minimum absolute atomic E-state index is 0.0687. The number of hydrogen-bond donors (Lipinski definition) is 0. The molecule has 1 saturated carbocycles. The second kappa shape index (κ2) is 6.65. The van der Waals surface area contributed by atoms with Crippen LogP contribution in [-0.2, 0) is 4.79 Å². The number of piperidine rings is 1. The smallest absolute Gasteiger partial charge is 0.254 e. The Labute approximate surface area is 149 Å². The molecule has 2 fully saturated rings. The lowest BCUT2D eigenvalue weighted by molar-refractivity contribution is -0.135. The molecule has 0 unspecified atom stereocenters. The maximum atomic E-state index is 12.4. The lowest BCUT2D eigenvalue weighted by Gasteiger charge is -2.32. The number of amides is 2. The molecule has 3 rings (SSSR count). The summed E-state index contributed by atoms with van der Waals surface area (Å²) in [4.78, 5) is 32.0. The molecule has 1 aromatic heterocycles. The Morgan fingerprint density at radius 3 is 2.36 bits per heavy atom. The summed E-state index contributed by atoms with van der Waals surface area (Å²) in [5.41, 5.74) is 0.727. The zero-order valence-corrected chi connectivity index (χ0v) is 15.5. The van der Waals surface area contributed by atoms with Crippen LogP contribution >= 0.6 is 0 Å². The van der Waals surface area contributed by atoms with Gasteiger partial charge in [0.25, 0.3) is 5.91 Å². The lowest BCUT2D eigenvalue weighted by atomic mass is 10.1. The minimum atomic E-state index is -0.0751. The highest BCUT2D eigenvalue weighted by Crippen LogP contribution is 2.52. The van der Waals surface area contributed by atoms with Crippen molar-refractivity contribution in [3.05, 3.63) is 23.9 Å². The van der Waals surface area contributed by atoms with Gasteiger partial charge in [-0.3, -0.25) is 9.59 Å². The number of aromatic nitrogens is 1. The third-order valence-corrected chi connectivity index (χ3v) is 5.24. The molecular weight excluding hydrogens is 318 g/mol. The van der Waals surface area contributed by atoms with Crippen LogP contribution < -0.4 is 4.74 Å². The van der Waals surface area contributed by atoms with Crippen molar-refractivity contribution in [2.24, 2.45) is 11.3 Å².